The Kier molecular flexibility index (Phi) is 2.44. The van der Waals surface area contributed by atoms with E-state index in [-0.39, 0.29) is 16.8 Å². The maximum atomic E-state index is 11.8. The number of aliphatic hydroxyl groups excluding tert-OH is 1. The summed E-state index contributed by atoms with van der Waals surface area (Å²) in [5, 5.41) is 10.1. The van der Waals surface area contributed by atoms with Crippen LogP contribution in [-0.4, -0.2) is 17.4 Å². The maximum absolute atomic E-state index is 11.8. The second-order valence-corrected chi connectivity index (χ2v) is 7.00. The van der Waals surface area contributed by atoms with Crippen LogP contribution in [-0.2, 0) is 9.53 Å². The predicted molar refractivity (Wildman–Crippen MR) is 67.6 cm³/mol. The highest BCUT2D eigenvalue weighted by Gasteiger charge is 2.55. The summed E-state index contributed by atoms with van der Waals surface area (Å²) in [6.45, 7) is 6.87. The van der Waals surface area contributed by atoms with Crippen LogP contribution in [0.25, 0.3) is 0 Å². The average molecular weight is 250 g/mol. The number of hydrogen-bond acceptors (Lipinski definition) is 3. The van der Waals surface area contributed by atoms with Gasteiger partial charge in [-0.05, 0) is 42.4 Å². The van der Waals surface area contributed by atoms with E-state index in [0.717, 1.165) is 36.8 Å². The molecule has 100 valence electrons. The predicted octanol–water partition coefficient (Wildman–Crippen LogP) is 2.78. The molecule has 0 saturated heterocycles. The zero-order valence-corrected chi connectivity index (χ0v) is 11.5. The third-order valence-electron chi connectivity index (χ3n) is 5.57. The first-order chi connectivity index (χ1) is 8.36. The minimum absolute atomic E-state index is 0.0547. The first-order valence-corrected chi connectivity index (χ1v) is 6.99. The van der Waals surface area contributed by atoms with Crippen molar-refractivity contribution in [1.82, 2.24) is 0 Å². The maximum Gasteiger partial charge on any atom is 0.336 e. The molecule has 0 aromatic carbocycles. The van der Waals surface area contributed by atoms with E-state index in [0.29, 0.717) is 5.92 Å². The number of ether oxygens (including phenoxy) is 1. The van der Waals surface area contributed by atoms with E-state index in [9.17, 15) is 9.90 Å². The van der Waals surface area contributed by atoms with E-state index < -0.39 is 6.29 Å². The molecule has 0 unspecified atom stereocenters. The minimum atomic E-state index is -0.991. The van der Waals surface area contributed by atoms with E-state index in [2.05, 4.69) is 20.8 Å². The van der Waals surface area contributed by atoms with E-state index in [1.54, 1.807) is 0 Å². The van der Waals surface area contributed by atoms with Crippen molar-refractivity contribution in [3.8, 4) is 0 Å². The van der Waals surface area contributed by atoms with Crippen molar-refractivity contribution >= 4 is 5.97 Å². The van der Waals surface area contributed by atoms with Gasteiger partial charge in [-0.2, -0.15) is 0 Å². The van der Waals surface area contributed by atoms with Crippen molar-refractivity contribution in [2.75, 3.05) is 0 Å². The fourth-order valence-corrected chi connectivity index (χ4v) is 4.80. The Morgan fingerprint density at radius 1 is 1.28 bits per heavy atom. The number of fused-ring (bicyclic) bond motifs is 2. The Balaban J connectivity index is 2.09. The number of rotatable bonds is 0. The summed E-state index contributed by atoms with van der Waals surface area (Å²) in [5.74, 6) is 0.252. The summed E-state index contributed by atoms with van der Waals surface area (Å²) < 4.78 is 5.03. The van der Waals surface area contributed by atoms with Crippen molar-refractivity contribution in [3.05, 3.63) is 11.1 Å². The van der Waals surface area contributed by atoms with E-state index in [1.165, 1.54) is 6.42 Å². The topological polar surface area (TPSA) is 46.5 Å². The Bertz CT molecular complexity index is 435. The summed E-state index contributed by atoms with van der Waals surface area (Å²) in [6.07, 6.45) is 4.29. The number of carbonyl (C=O) groups is 1. The van der Waals surface area contributed by atoms with Gasteiger partial charge in [-0.15, -0.1) is 0 Å². The molecule has 1 heterocycles. The van der Waals surface area contributed by atoms with Crippen LogP contribution in [0.5, 0.6) is 0 Å². The monoisotopic (exact) mass is 250 g/mol. The van der Waals surface area contributed by atoms with Gasteiger partial charge in [0.25, 0.3) is 0 Å². The normalized spacial score (nSPS) is 42.3. The summed E-state index contributed by atoms with van der Waals surface area (Å²) >= 11 is 0. The van der Waals surface area contributed by atoms with Gasteiger partial charge in [-0.1, -0.05) is 27.2 Å². The lowest BCUT2D eigenvalue weighted by Crippen LogP contribution is -2.46. The van der Waals surface area contributed by atoms with Crippen LogP contribution in [0.1, 0.15) is 52.9 Å². The van der Waals surface area contributed by atoms with Gasteiger partial charge in [0.2, 0.25) is 6.29 Å². The van der Waals surface area contributed by atoms with Crippen LogP contribution in [0.15, 0.2) is 11.1 Å². The first-order valence-electron chi connectivity index (χ1n) is 6.99. The van der Waals surface area contributed by atoms with Gasteiger partial charge in [0.15, 0.2) is 0 Å². The quantitative estimate of drug-likeness (QED) is 0.672. The molecule has 3 rings (SSSR count). The zero-order chi connectivity index (χ0) is 13.1. The van der Waals surface area contributed by atoms with E-state index >= 15 is 0 Å². The molecule has 1 aliphatic heterocycles. The van der Waals surface area contributed by atoms with E-state index in [1.807, 2.05) is 0 Å². The summed E-state index contributed by atoms with van der Waals surface area (Å²) in [6, 6.07) is 0. The fraction of sp³-hybridized carbons (Fsp3) is 0.800. The molecule has 2 aliphatic carbocycles. The lowest BCUT2D eigenvalue weighted by Gasteiger charge is -2.54. The number of hydrogen-bond donors (Lipinski definition) is 1. The van der Waals surface area contributed by atoms with Gasteiger partial charge in [-0.25, -0.2) is 4.79 Å². The van der Waals surface area contributed by atoms with Crippen LogP contribution < -0.4 is 0 Å². The number of cyclic esters (lactones) is 1. The lowest BCUT2D eigenvalue weighted by atomic mass is 9.50. The second kappa shape index (κ2) is 3.60. The van der Waals surface area contributed by atoms with Crippen molar-refractivity contribution in [2.24, 2.45) is 16.7 Å². The molecular formula is C15H22O3. The molecule has 3 heteroatoms. The molecule has 0 aromatic rings. The number of aliphatic hydroxyl groups is 1. The smallest absolute Gasteiger partial charge is 0.336 e. The van der Waals surface area contributed by atoms with Gasteiger partial charge >= 0.3 is 5.97 Å². The third kappa shape index (κ3) is 1.43. The highest BCUT2D eigenvalue weighted by atomic mass is 16.6. The summed E-state index contributed by atoms with van der Waals surface area (Å²) in [5.41, 5.74) is 1.90. The molecule has 3 atom stereocenters. The van der Waals surface area contributed by atoms with Gasteiger partial charge in [0.1, 0.15) is 0 Å². The van der Waals surface area contributed by atoms with Crippen LogP contribution in [0.4, 0.5) is 0 Å². The molecule has 1 saturated carbocycles. The minimum Gasteiger partial charge on any atom is -0.428 e. The third-order valence-corrected chi connectivity index (χ3v) is 5.57. The Morgan fingerprint density at radius 2 is 2.00 bits per heavy atom. The lowest BCUT2D eigenvalue weighted by molar-refractivity contribution is -0.153. The number of esters is 1. The first kappa shape index (κ1) is 12.2. The van der Waals surface area contributed by atoms with Crippen LogP contribution in [0, 0.1) is 16.7 Å². The molecule has 0 spiro atoms. The van der Waals surface area contributed by atoms with Gasteiger partial charge in [-0.3, -0.25) is 0 Å². The molecule has 0 aromatic heterocycles. The van der Waals surface area contributed by atoms with Crippen molar-refractivity contribution in [1.29, 1.82) is 0 Å². The van der Waals surface area contributed by atoms with Gasteiger partial charge in [0, 0.05) is 11.1 Å². The van der Waals surface area contributed by atoms with E-state index in [4.69, 9.17) is 4.74 Å². The summed E-state index contributed by atoms with van der Waals surface area (Å²) in [4.78, 5) is 11.8. The van der Waals surface area contributed by atoms with Crippen molar-refractivity contribution < 1.29 is 14.6 Å². The van der Waals surface area contributed by atoms with Crippen LogP contribution in [0.3, 0.4) is 0 Å². The molecular weight excluding hydrogens is 228 g/mol. The molecule has 1 fully saturated rings. The largest absolute Gasteiger partial charge is 0.428 e. The fourth-order valence-electron chi connectivity index (χ4n) is 4.80. The van der Waals surface area contributed by atoms with Crippen molar-refractivity contribution in [3.63, 3.8) is 0 Å². The zero-order valence-electron chi connectivity index (χ0n) is 11.5. The Hall–Kier alpha value is -0.830. The molecule has 0 radical (unpaired) electrons. The van der Waals surface area contributed by atoms with Gasteiger partial charge in [0.05, 0.1) is 0 Å². The molecule has 3 aliphatic rings. The highest BCUT2D eigenvalue weighted by molar-refractivity contribution is 5.92. The number of carbonyl (C=O) groups excluding carboxylic acids is 1. The standard InChI is InChI=1S/C15H22O3/c1-14(2)7-4-8-15(3)10(14)6-5-9-11(15)13(17)18-12(9)16/h10,13,17H,4-8H2,1-3H3/t10-,13+,15-/m0/s1. The van der Waals surface area contributed by atoms with Crippen LogP contribution >= 0.6 is 0 Å². The molecule has 1 N–H and O–H groups in total. The summed E-state index contributed by atoms with van der Waals surface area (Å²) in [7, 11) is 0. The molecule has 3 nitrogen and oxygen atoms in total. The van der Waals surface area contributed by atoms with Crippen LogP contribution in [0.2, 0.25) is 0 Å². The Labute approximate surface area is 108 Å². The Morgan fingerprint density at radius 3 is 2.72 bits per heavy atom. The highest BCUT2D eigenvalue weighted by Crippen LogP contribution is 2.61. The average Bonchev–Trinajstić information content (AvgIpc) is 2.54. The van der Waals surface area contributed by atoms with Gasteiger partial charge < -0.3 is 9.84 Å². The SMILES string of the molecule is CC1(C)CCC[C@]2(C)C3=C(CC[C@@H]12)C(=O)O[C@H]3O. The molecule has 0 bridgehead atoms. The second-order valence-electron chi connectivity index (χ2n) is 7.00. The van der Waals surface area contributed by atoms with Crippen molar-refractivity contribution in [2.45, 2.75) is 59.2 Å². The molecule has 0 amide bonds. The molecule has 18 heavy (non-hydrogen) atoms.